The van der Waals surface area contributed by atoms with Crippen LogP contribution in [0.1, 0.15) is 38.4 Å². The molecule has 1 fully saturated rings. The maximum Gasteiger partial charge on any atom is 0.321 e. The largest absolute Gasteiger partial charge is 0.388 e. The molecule has 3 N–H and O–H groups in total. The van der Waals surface area contributed by atoms with Crippen molar-refractivity contribution in [1.82, 2.24) is 4.90 Å². The van der Waals surface area contributed by atoms with Gasteiger partial charge in [-0.15, -0.1) is 0 Å². The SMILES string of the molecule is CC(C)C(=O)Nc1ccc(NC(=O)N2CCC(C(O)c3ccccc3)CC2)cc1. The molecule has 0 saturated carbocycles. The van der Waals surface area contributed by atoms with Gasteiger partial charge in [0, 0.05) is 30.4 Å². The molecule has 6 nitrogen and oxygen atoms in total. The highest BCUT2D eigenvalue weighted by Crippen LogP contribution is 2.30. The summed E-state index contributed by atoms with van der Waals surface area (Å²) in [5, 5.41) is 16.3. The van der Waals surface area contributed by atoms with Crippen LogP contribution in [0.5, 0.6) is 0 Å². The first-order valence-corrected chi connectivity index (χ1v) is 10.1. The molecule has 0 aliphatic carbocycles. The molecule has 1 saturated heterocycles. The molecule has 1 aliphatic heterocycles. The van der Waals surface area contributed by atoms with Gasteiger partial charge in [0.1, 0.15) is 0 Å². The van der Waals surface area contributed by atoms with Crippen molar-refractivity contribution < 1.29 is 14.7 Å². The lowest BCUT2D eigenvalue weighted by Crippen LogP contribution is -2.42. The predicted molar refractivity (Wildman–Crippen MR) is 115 cm³/mol. The molecule has 29 heavy (non-hydrogen) atoms. The number of carbonyl (C=O) groups excluding carboxylic acids is 2. The van der Waals surface area contributed by atoms with Gasteiger partial charge in [0.05, 0.1) is 6.10 Å². The van der Waals surface area contributed by atoms with E-state index >= 15 is 0 Å². The third-order valence-corrected chi connectivity index (χ3v) is 5.34. The number of nitrogens with one attached hydrogen (secondary N) is 2. The highest BCUT2D eigenvalue weighted by molar-refractivity contribution is 5.93. The monoisotopic (exact) mass is 395 g/mol. The van der Waals surface area contributed by atoms with Crippen LogP contribution in [0.4, 0.5) is 16.2 Å². The molecule has 1 atom stereocenters. The van der Waals surface area contributed by atoms with Gasteiger partial charge in [-0.25, -0.2) is 4.79 Å². The summed E-state index contributed by atoms with van der Waals surface area (Å²) in [6, 6.07) is 16.6. The van der Waals surface area contributed by atoms with Gasteiger partial charge in [0.15, 0.2) is 0 Å². The topological polar surface area (TPSA) is 81.7 Å². The van der Waals surface area contributed by atoms with Crippen LogP contribution in [0, 0.1) is 11.8 Å². The summed E-state index contributed by atoms with van der Waals surface area (Å²) >= 11 is 0. The highest BCUT2D eigenvalue weighted by atomic mass is 16.3. The highest BCUT2D eigenvalue weighted by Gasteiger charge is 2.28. The van der Waals surface area contributed by atoms with Gasteiger partial charge >= 0.3 is 6.03 Å². The van der Waals surface area contributed by atoms with Gasteiger partial charge in [0.2, 0.25) is 5.91 Å². The van der Waals surface area contributed by atoms with E-state index < -0.39 is 6.10 Å². The lowest BCUT2D eigenvalue weighted by molar-refractivity contribution is -0.118. The molecule has 0 radical (unpaired) electrons. The number of hydrogen-bond donors (Lipinski definition) is 3. The molecule has 2 aromatic rings. The van der Waals surface area contributed by atoms with Crippen molar-refractivity contribution in [2.75, 3.05) is 23.7 Å². The average molecular weight is 396 g/mol. The minimum atomic E-state index is -0.491. The minimum Gasteiger partial charge on any atom is -0.388 e. The van der Waals surface area contributed by atoms with E-state index in [4.69, 9.17) is 0 Å². The molecule has 3 rings (SSSR count). The Morgan fingerprint density at radius 1 is 0.931 bits per heavy atom. The van der Waals surface area contributed by atoms with E-state index in [1.807, 2.05) is 44.2 Å². The van der Waals surface area contributed by atoms with E-state index in [0.29, 0.717) is 24.5 Å². The van der Waals surface area contributed by atoms with Crippen LogP contribution in [0.15, 0.2) is 54.6 Å². The third kappa shape index (κ3) is 5.57. The van der Waals surface area contributed by atoms with Crippen molar-refractivity contribution in [2.24, 2.45) is 11.8 Å². The lowest BCUT2D eigenvalue weighted by atomic mass is 9.87. The molecule has 3 amide bonds. The number of urea groups is 1. The molecule has 0 bridgehead atoms. The van der Waals surface area contributed by atoms with E-state index in [0.717, 1.165) is 18.4 Å². The van der Waals surface area contributed by atoms with Crippen LogP contribution in [0.25, 0.3) is 0 Å². The van der Waals surface area contributed by atoms with Crippen molar-refractivity contribution in [1.29, 1.82) is 0 Å². The van der Waals surface area contributed by atoms with E-state index in [-0.39, 0.29) is 23.8 Å². The molecule has 2 aromatic carbocycles. The Bertz CT molecular complexity index is 813. The summed E-state index contributed by atoms with van der Waals surface area (Å²) in [6.45, 7) is 4.91. The molecule has 1 heterocycles. The first-order valence-electron chi connectivity index (χ1n) is 10.1. The van der Waals surface area contributed by atoms with Crippen molar-refractivity contribution in [3.63, 3.8) is 0 Å². The number of anilines is 2. The smallest absolute Gasteiger partial charge is 0.321 e. The van der Waals surface area contributed by atoms with Crippen molar-refractivity contribution >= 4 is 23.3 Å². The van der Waals surface area contributed by atoms with E-state index in [9.17, 15) is 14.7 Å². The van der Waals surface area contributed by atoms with Crippen LogP contribution in [-0.4, -0.2) is 35.0 Å². The number of likely N-dealkylation sites (tertiary alicyclic amines) is 1. The number of amides is 3. The fourth-order valence-electron chi connectivity index (χ4n) is 3.47. The van der Waals surface area contributed by atoms with Crippen molar-refractivity contribution in [3.05, 3.63) is 60.2 Å². The molecular formula is C23H29N3O3. The first-order chi connectivity index (χ1) is 13.9. The Labute approximate surface area is 171 Å². The summed E-state index contributed by atoms with van der Waals surface area (Å²) in [5.41, 5.74) is 2.32. The number of nitrogens with zero attached hydrogens (tertiary/aromatic N) is 1. The third-order valence-electron chi connectivity index (χ3n) is 5.34. The van der Waals surface area contributed by atoms with E-state index in [2.05, 4.69) is 10.6 Å². The second-order valence-electron chi connectivity index (χ2n) is 7.83. The molecule has 1 unspecified atom stereocenters. The summed E-state index contributed by atoms with van der Waals surface area (Å²) in [4.78, 5) is 26.1. The fraction of sp³-hybridized carbons (Fsp3) is 0.391. The van der Waals surface area contributed by atoms with Crippen molar-refractivity contribution in [3.8, 4) is 0 Å². The molecular weight excluding hydrogens is 366 g/mol. The Hall–Kier alpha value is -2.86. The lowest BCUT2D eigenvalue weighted by Gasteiger charge is -2.34. The van der Waals surface area contributed by atoms with Crippen LogP contribution in [0.2, 0.25) is 0 Å². The van der Waals surface area contributed by atoms with Gasteiger partial charge < -0.3 is 20.6 Å². The van der Waals surface area contributed by atoms with Gasteiger partial charge in [-0.2, -0.15) is 0 Å². The number of carbonyl (C=O) groups is 2. The van der Waals surface area contributed by atoms with Crippen LogP contribution in [-0.2, 0) is 4.79 Å². The normalized spacial score (nSPS) is 15.8. The summed E-state index contributed by atoms with van der Waals surface area (Å²) < 4.78 is 0. The Balaban J connectivity index is 1.49. The van der Waals surface area contributed by atoms with Gasteiger partial charge in [-0.05, 0) is 48.6 Å². The van der Waals surface area contributed by atoms with E-state index in [1.165, 1.54) is 0 Å². The number of aliphatic hydroxyl groups excluding tert-OH is 1. The average Bonchev–Trinajstić information content (AvgIpc) is 2.75. The van der Waals surface area contributed by atoms with Crippen LogP contribution in [0.3, 0.4) is 0 Å². The van der Waals surface area contributed by atoms with Crippen LogP contribution >= 0.6 is 0 Å². The van der Waals surface area contributed by atoms with Crippen LogP contribution < -0.4 is 10.6 Å². The minimum absolute atomic E-state index is 0.0395. The molecule has 0 spiro atoms. The second-order valence-corrected chi connectivity index (χ2v) is 7.83. The molecule has 0 aromatic heterocycles. The standard InChI is InChI=1S/C23H29N3O3/c1-16(2)22(28)24-19-8-10-20(11-9-19)25-23(29)26-14-12-18(13-15-26)21(27)17-6-4-3-5-7-17/h3-11,16,18,21,27H,12-15H2,1-2H3,(H,24,28)(H,25,29). The molecule has 154 valence electrons. The zero-order valence-electron chi connectivity index (χ0n) is 17.0. The fourth-order valence-corrected chi connectivity index (χ4v) is 3.47. The molecule has 1 aliphatic rings. The van der Waals surface area contributed by atoms with Gasteiger partial charge in [-0.1, -0.05) is 44.2 Å². The zero-order valence-corrected chi connectivity index (χ0v) is 17.0. The predicted octanol–water partition coefficient (Wildman–Crippen LogP) is 4.26. The molecule has 6 heteroatoms. The number of benzene rings is 2. The Kier molecular flexibility index (Phi) is 6.88. The second kappa shape index (κ2) is 9.56. The van der Waals surface area contributed by atoms with Crippen molar-refractivity contribution in [2.45, 2.75) is 32.8 Å². The van der Waals surface area contributed by atoms with Gasteiger partial charge in [-0.3, -0.25) is 4.79 Å². The first kappa shape index (κ1) is 20.9. The Morgan fingerprint density at radius 2 is 1.48 bits per heavy atom. The number of aliphatic hydroxyl groups is 1. The number of hydrogen-bond acceptors (Lipinski definition) is 3. The summed E-state index contributed by atoms with van der Waals surface area (Å²) in [6.07, 6.45) is 1.04. The number of rotatable bonds is 5. The maximum atomic E-state index is 12.5. The quantitative estimate of drug-likeness (QED) is 0.707. The maximum absolute atomic E-state index is 12.5. The number of piperidine rings is 1. The summed E-state index contributed by atoms with van der Waals surface area (Å²) in [5.74, 6) is 0.0327. The van der Waals surface area contributed by atoms with Gasteiger partial charge in [0.25, 0.3) is 0 Å². The Morgan fingerprint density at radius 3 is 2.03 bits per heavy atom. The zero-order chi connectivity index (χ0) is 20.8. The summed E-state index contributed by atoms with van der Waals surface area (Å²) in [7, 11) is 0. The van der Waals surface area contributed by atoms with E-state index in [1.54, 1.807) is 29.2 Å².